The maximum absolute atomic E-state index is 9.81. The lowest BCUT2D eigenvalue weighted by Crippen LogP contribution is -2.27. The molecule has 6 heteroatoms. The third-order valence-electron chi connectivity index (χ3n) is 2.06. The summed E-state index contributed by atoms with van der Waals surface area (Å²) in [6, 6.07) is 5.39. The van der Waals surface area contributed by atoms with E-state index in [0.29, 0.717) is 20.8 Å². The fraction of sp³-hybridized carbons (Fsp3) is 0.100. The number of phenolic OH excluding ortho intramolecular Hbond substituents is 1. The number of phenols is 1. The fourth-order valence-corrected chi connectivity index (χ4v) is 2.02. The number of rotatable bonds is 1. The second kappa shape index (κ2) is 4.53. The van der Waals surface area contributed by atoms with E-state index in [9.17, 15) is 5.11 Å². The molecule has 74 valence electrons. The Hall–Kier alpha value is -0.905. The highest BCUT2D eigenvalue weighted by atomic mass is 27.1. The summed E-state index contributed by atoms with van der Waals surface area (Å²) in [4.78, 5) is 12.4. The zero-order valence-corrected chi connectivity index (χ0v) is 11.0. The van der Waals surface area contributed by atoms with Gasteiger partial charge in [-0.2, -0.15) is 0 Å². The molecule has 0 aliphatic rings. The van der Waals surface area contributed by atoms with Crippen LogP contribution in [-0.2, 0) is 0 Å². The monoisotopic (exact) mass is 239 g/mol. The molecule has 0 fully saturated rings. The molecule has 0 bridgehead atoms. The van der Waals surface area contributed by atoms with Crippen LogP contribution in [0.3, 0.4) is 0 Å². The summed E-state index contributed by atoms with van der Waals surface area (Å²) in [6.45, 7) is 1.92. The smallest absolute Gasteiger partial charge is 0.244 e. The molecule has 4 nitrogen and oxygen atoms in total. The Kier molecular flexibility index (Phi) is 3.28. The molecule has 0 saturated carbocycles. The zero-order chi connectivity index (χ0) is 11.7. The molecule has 2 rings (SSSR count). The van der Waals surface area contributed by atoms with Crippen LogP contribution in [0.5, 0.6) is 5.75 Å². The first-order valence-corrected chi connectivity index (χ1v) is 5.79. The van der Waals surface area contributed by atoms with Crippen LogP contribution in [0.2, 0.25) is 0 Å². The second-order valence-electron chi connectivity index (χ2n) is 3.40. The number of benzene rings is 1. The summed E-state index contributed by atoms with van der Waals surface area (Å²) in [6.07, 6.45) is 0. The quantitative estimate of drug-likeness (QED) is 0.658. The lowest BCUT2D eigenvalue weighted by Gasteiger charge is -2.06. The maximum Gasteiger partial charge on any atom is 0.244 e. The predicted molar refractivity (Wildman–Crippen MR) is 62.4 cm³/mol. The lowest BCUT2D eigenvalue weighted by atomic mass is 10.1. The van der Waals surface area contributed by atoms with E-state index in [2.05, 4.69) is 47.5 Å². The van der Waals surface area contributed by atoms with Crippen LogP contribution in [0.1, 0.15) is 5.56 Å². The van der Waals surface area contributed by atoms with Crippen LogP contribution in [0, 0.1) is 6.92 Å². The normalized spacial score (nSPS) is 10.3. The van der Waals surface area contributed by atoms with E-state index in [1.54, 1.807) is 12.1 Å². The minimum Gasteiger partial charge on any atom is -0.507 e. The first-order chi connectivity index (χ1) is 7.56. The summed E-state index contributed by atoms with van der Waals surface area (Å²) >= 11 is 4.83. The van der Waals surface area contributed by atoms with Gasteiger partial charge in [-0.25, -0.2) is 9.97 Å². The Morgan fingerprint density at radius 1 is 1.06 bits per heavy atom. The Morgan fingerprint density at radius 3 is 2.25 bits per heavy atom. The molecule has 4 radical (unpaired) electrons. The molecule has 0 saturated heterocycles. The van der Waals surface area contributed by atoms with E-state index in [1.165, 1.54) is 0 Å². The van der Waals surface area contributed by atoms with Gasteiger partial charge in [0.15, 0.2) is 5.82 Å². The third kappa shape index (κ3) is 2.43. The van der Waals surface area contributed by atoms with Gasteiger partial charge >= 0.3 is 0 Å². The molecule has 1 heterocycles. The van der Waals surface area contributed by atoms with Crippen molar-refractivity contribution < 1.29 is 5.11 Å². The first kappa shape index (κ1) is 11.6. The van der Waals surface area contributed by atoms with Crippen molar-refractivity contribution in [2.75, 3.05) is 0 Å². The largest absolute Gasteiger partial charge is 0.507 e. The number of hydrogen-bond acceptors (Lipinski definition) is 4. The molecule has 0 aliphatic carbocycles. The van der Waals surface area contributed by atoms with Gasteiger partial charge in [-0.15, -0.1) is 0 Å². The van der Waals surface area contributed by atoms with Crippen molar-refractivity contribution in [3.8, 4) is 17.1 Å². The van der Waals surface area contributed by atoms with E-state index in [4.69, 9.17) is 0 Å². The molecular weight excluding hydrogens is 232 g/mol. The SMILES string of the molecule is Cc1ccc(-c2n[c]([Al])n[c]([Al])n2)c(O)c1. The van der Waals surface area contributed by atoms with Gasteiger partial charge in [0.25, 0.3) is 0 Å². The van der Waals surface area contributed by atoms with Gasteiger partial charge in [0.2, 0.25) is 32.6 Å². The van der Waals surface area contributed by atoms with Crippen LogP contribution < -0.4 is 9.37 Å². The Bertz CT molecular complexity index is 525. The van der Waals surface area contributed by atoms with Gasteiger partial charge < -0.3 is 5.11 Å². The molecule has 0 spiro atoms. The van der Waals surface area contributed by atoms with E-state index < -0.39 is 0 Å². The predicted octanol–water partition coefficient (Wildman–Crippen LogP) is -0.860. The minimum absolute atomic E-state index is 0.181. The minimum atomic E-state index is 0.181. The fourth-order valence-electron chi connectivity index (χ4n) is 1.36. The van der Waals surface area contributed by atoms with Crippen LogP contribution in [0.15, 0.2) is 18.2 Å². The number of aromatic nitrogens is 3. The molecule has 16 heavy (non-hydrogen) atoms. The van der Waals surface area contributed by atoms with Crippen molar-refractivity contribution in [3.63, 3.8) is 0 Å². The number of hydrogen-bond donors (Lipinski definition) is 1. The van der Waals surface area contributed by atoms with Gasteiger partial charge in [0.05, 0.1) is 5.56 Å². The average molecular weight is 239 g/mol. The molecule has 1 aromatic carbocycles. The molecule has 0 unspecified atom stereocenters. The van der Waals surface area contributed by atoms with Gasteiger partial charge in [0.1, 0.15) is 5.75 Å². The van der Waals surface area contributed by atoms with Gasteiger partial charge in [-0.1, -0.05) is 6.07 Å². The van der Waals surface area contributed by atoms with E-state index in [1.807, 2.05) is 13.0 Å². The summed E-state index contributed by atoms with van der Waals surface area (Å²) < 4.78 is 1.10. The number of aryl methyl sites for hydroxylation is 1. The topological polar surface area (TPSA) is 58.9 Å². The van der Waals surface area contributed by atoms with Crippen molar-refractivity contribution in [2.45, 2.75) is 6.92 Å². The van der Waals surface area contributed by atoms with Crippen LogP contribution in [0.4, 0.5) is 0 Å². The van der Waals surface area contributed by atoms with Crippen LogP contribution in [-0.4, -0.2) is 52.6 Å². The second-order valence-corrected chi connectivity index (χ2v) is 4.43. The van der Waals surface area contributed by atoms with Crippen molar-refractivity contribution in [3.05, 3.63) is 23.8 Å². The van der Waals surface area contributed by atoms with Gasteiger partial charge in [-0.05, 0) is 24.6 Å². The van der Waals surface area contributed by atoms with Crippen molar-refractivity contribution in [1.82, 2.24) is 15.0 Å². The van der Waals surface area contributed by atoms with Crippen LogP contribution in [0.25, 0.3) is 11.4 Å². The Balaban J connectivity index is 2.58. The Morgan fingerprint density at radius 2 is 1.69 bits per heavy atom. The molecule has 0 atom stereocenters. The zero-order valence-electron chi connectivity index (χ0n) is 8.68. The molecule has 0 aliphatic heterocycles. The lowest BCUT2D eigenvalue weighted by molar-refractivity contribution is 0.476. The van der Waals surface area contributed by atoms with E-state index in [0.717, 1.165) is 5.56 Å². The number of aromatic hydroxyl groups is 1. The molecule has 0 amide bonds. The molecule has 2 aromatic rings. The third-order valence-corrected chi connectivity index (χ3v) is 2.58. The van der Waals surface area contributed by atoms with Gasteiger partial charge in [0, 0.05) is 9.37 Å². The van der Waals surface area contributed by atoms with E-state index in [-0.39, 0.29) is 5.75 Å². The number of nitrogens with zero attached hydrogens (tertiary/aromatic N) is 3. The van der Waals surface area contributed by atoms with Crippen molar-refractivity contribution in [1.29, 1.82) is 0 Å². The molecule has 1 N–H and O–H groups in total. The highest BCUT2D eigenvalue weighted by Crippen LogP contribution is 2.25. The van der Waals surface area contributed by atoms with Crippen molar-refractivity contribution in [2.24, 2.45) is 0 Å². The standard InChI is InChI=1S/C10H7N3O.2Al/c1-7-2-3-8(9(14)4-7)10-12-5-11-6-13-10;;/h2-4,14H,1H3;;. The molecule has 1 aromatic heterocycles. The Labute approximate surface area is 110 Å². The van der Waals surface area contributed by atoms with Crippen molar-refractivity contribution >= 4 is 42.0 Å². The van der Waals surface area contributed by atoms with Crippen LogP contribution >= 0.6 is 0 Å². The maximum atomic E-state index is 9.81. The summed E-state index contributed by atoms with van der Waals surface area (Å²) in [7, 11) is 0. The molecular formula is C10H7Al2N3O. The summed E-state index contributed by atoms with van der Waals surface area (Å²) in [5, 5.41) is 9.81. The highest BCUT2D eigenvalue weighted by molar-refractivity contribution is 6.33. The van der Waals surface area contributed by atoms with E-state index >= 15 is 0 Å². The first-order valence-electron chi connectivity index (χ1n) is 4.63. The summed E-state index contributed by atoms with van der Waals surface area (Å²) in [5.74, 6) is 0.655. The van der Waals surface area contributed by atoms with Gasteiger partial charge in [-0.3, -0.25) is 4.98 Å². The average Bonchev–Trinajstić information content (AvgIpc) is 2.15. The highest BCUT2D eigenvalue weighted by Gasteiger charge is 2.07. The summed E-state index contributed by atoms with van der Waals surface area (Å²) in [5.41, 5.74) is 1.60.